The third kappa shape index (κ3) is 2.18. The van der Waals surface area contributed by atoms with Crippen LogP contribution in [0.5, 0.6) is 17.5 Å². The zero-order valence-corrected chi connectivity index (χ0v) is 10.8. The summed E-state index contributed by atoms with van der Waals surface area (Å²) in [6, 6.07) is 9.44. The van der Waals surface area contributed by atoms with Crippen molar-refractivity contribution in [3.8, 4) is 17.5 Å². The standard InChI is InChI=1S/C14H12N4O2/c1-19-13-12(15)14(18-8-17-13)20-10-5-4-9-3-2-6-16-11(9)7-10/h2-8H,15H2,1H3. The van der Waals surface area contributed by atoms with Gasteiger partial charge in [0, 0.05) is 17.6 Å². The molecule has 0 radical (unpaired) electrons. The number of pyridine rings is 1. The summed E-state index contributed by atoms with van der Waals surface area (Å²) in [7, 11) is 1.49. The lowest BCUT2D eigenvalue weighted by molar-refractivity contribution is 0.391. The molecule has 0 fully saturated rings. The molecule has 100 valence electrons. The molecule has 1 aromatic carbocycles. The van der Waals surface area contributed by atoms with E-state index in [9.17, 15) is 0 Å². The smallest absolute Gasteiger partial charge is 0.249 e. The molecule has 0 aliphatic carbocycles. The van der Waals surface area contributed by atoms with Gasteiger partial charge in [0.25, 0.3) is 0 Å². The van der Waals surface area contributed by atoms with Gasteiger partial charge in [-0.25, -0.2) is 0 Å². The predicted molar refractivity (Wildman–Crippen MR) is 74.8 cm³/mol. The zero-order valence-electron chi connectivity index (χ0n) is 10.8. The van der Waals surface area contributed by atoms with E-state index in [0.717, 1.165) is 10.9 Å². The highest BCUT2D eigenvalue weighted by atomic mass is 16.5. The number of hydrogen-bond donors (Lipinski definition) is 1. The molecule has 2 heterocycles. The molecule has 20 heavy (non-hydrogen) atoms. The minimum absolute atomic E-state index is 0.257. The molecule has 0 saturated carbocycles. The first-order valence-electron chi connectivity index (χ1n) is 5.95. The van der Waals surface area contributed by atoms with E-state index in [4.69, 9.17) is 15.2 Å². The minimum Gasteiger partial charge on any atom is -0.479 e. The van der Waals surface area contributed by atoms with Crippen LogP contribution >= 0.6 is 0 Å². The third-order valence-electron chi connectivity index (χ3n) is 2.80. The number of fused-ring (bicyclic) bond motifs is 1. The Balaban J connectivity index is 1.97. The van der Waals surface area contributed by atoms with E-state index >= 15 is 0 Å². The van der Waals surface area contributed by atoms with E-state index in [1.165, 1.54) is 13.4 Å². The van der Waals surface area contributed by atoms with Gasteiger partial charge in [0.15, 0.2) is 5.69 Å². The summed E-state index contributed by atoms with van der Waals surface area (Å²) in [5.41, 5.74) is 6.96. The summed E-state index contributed by atoms with van der Waals surface area (Å²) in [6.07, 6.45) is 3.07. The molecular formula is C14H12N4O2. The number of nitrogens with zero attached hydrogens (tertiary/aromatic N) is 3. The SMILES string of the molecule is COc1ncnc(Oc2ccc3cccnc3c2)c1N. The number of rotatable bonds is 3. The fourth-order valence-electron chi connectivity index (χ4n) is 1.83. The molecule has 0 aliphatic heterocycles. The second kappa shape index (κ2) is 5.00. The van der Waals surface area contributed by atoms with Crippen LogP contribution in [-0.4, -0.2) is 22.1 Å². The number of nitrogen functional groups attached to an aromatic ring is 1. The van der Waals surface area contributed by atoms with Gasteiger partial charge in [-0.1, -0.05) is 6.07 Å². The molecule has 0 spiro atoms. The molecule has 0 unspecified atom stereocenters. The quantitative estimate of drug-likeness (QED) is 0.785. The first-order valence-corrected chi connectivity index (χ1v) is 5.95. The summed E-state index contributed by atoms with van der Waals surface area (Å²) < 4.78 is 10.7. The van der Waals surface area contributed by atoms with Crippen LogP contribution in [0.2, 0.25) is 0 Å². The van der Waals surface area contributed by atoms with Gasteiger partial charge in [0.1, 0.15) is 12.1 Å². The van der Waals surface area contributed by atoms with Crippen molar-refractivity contribution in [2.24, 2.45) is 0 Å². The summed E-state index contributed by atoms with van der Waals surface area (Å²) in [5.74, 6) is 1.14. The van der Waals surface area contributed by atoms with Crippen molar-refractivity contribution in [1.82, 2.24) is 15.0 Å². The topological polar surface area (TPSA) is 83.2 Å². The average molecular weight is 268 g/mol. The summed E-state index contributed by atoms with van der Waals surface area (Å²) in [4.78, 5) is 12.2. The van der Waals surface area contributed by atoms with Gasteiger partial charge in [-0.15, -0.1) is 0 Å². The van der Waals surface area contributed by atoms with E-state index < -0.39 is 0 Å². The summed E-state index contributed by atoms with van der Waals surface area (Å²) in [6.45, 7) is 0. The molecule has 0 amide bonds. The largest absolute Gasteiger partial charge is 0.479 e. The van der Waals surface area contributed by atoms with Crippen molar-refractivity contribution in [3.05, 3.63) is 42.9 Å². The molecule has 0 bridgehead atoms. The number of aromatic nitrogens is 3. The summed E-state index contributed by atoms with van der Waals surface area (Å²) in [5, 5.41) is 1.04. The van der Waals surface area contributed by atoms with E-state index in [2.05, 4.69) is 15.0 Å². The van der Waals surface area contributed by atoms with Crippen LogP contribution in [0.4, 0.5) is 5.69 Å². The van der Waals surface area contributed by atoms with Crippen molar-refractivity contribution < 1.29 is 9.47 Å². The van der Waals surface area contributed by atoms with Crippen LogP contribution < -0.4 is 15.2 Å². The lowest BCUT2D eigenvalue weighted by atomic mass is 10.2. The lowest BCUT2D eigenvalue weighted by Crippen LogP contribution is -2.00. The molecule has 2 N–H and O–H groups in total. The zero-order chi connectivity index (χ0) is 13.9. The van der Waals surface area contributed by atoms with Crippen molar-refractivity contribution >= 4 is 16.6 Å². The number of ether oxygens (including phenoxy) is 2. The van der Waals surface area contributed by atoms with Crippen LogP contribution in [0.25, 0.3) is 10.9 Å². The molecule has 0 aliphatic rings. The Hall–Kier alpha value is -2.89. The number of nitrogens with two attached hydrogens (primary N) is 1. The predicted octanol–water partition coefficient (Wildman–Crippen LogP) is 2.41. The van der Waals surface area contributed by atoms with Crippen molar-refractivity contribution in [1.29, 1.82) is 0 Å². The highest BCUT2D eigenvalue weighted by Crippen LogP contribution is 2.31. The maximum Gasteiger partial charge on any atom is 0.249 e. The van der Waals surface area contributed by atoms with Crippen molar-refractivity contribution in [2.45, 2.75) is 0 Å². The number of anilines is 1. The Morgan fingerprint density at radius 3 is 2.75 bits per heavy atom. The first-order chi connectivity index (χ1) is 9.78. The van der Waals surface area contributed by atoms with E-state index in [-0.39, 0.29) is 17.4 Å². The van der Waals surface area contributed by atoms with Crippen LogP contribution in [-0.2, 0) is 0 Å². The molecular weight excluding hydrogens is 256 g/mol. The Labute approximate surface area is 115 Å². The maximum absolute atomic E-state index is 5.86. The maximum atomic E-state index is 5.86. The van der Waals surface area contributed by atoms with Crippen molar-refractivity contribution in [3.63, 3.8) is 0 Å². The fraction of sp³-hybridized carbons (Fsp3) is 0.0714. The lowest BCUT2D eigenvalue weighted by Gasteiger charge is -2.09. The van der Waals surface area contributed by atoms with E-state index in [1.54, 1.807) is 6.20 Å². The molecule has 6 heteroatoms. The van der Waals surface area contributed by atoms with Gasteiger partial charge in [-0.2, -0.15) is 9.97 Å². The highest BCUT2D eigenvalue weighted by molar-refractivity contribution is 5.79. The molecule has 6 nitrogen and oxygen atoms in total. The number of methoxy groups -OCH3 is 1. The number of benzene rings is 1. The van der Waals surface area contributed by atoms with Gasteiger partial charge in [0.05, 0.1) is 12.6 Å². The third-order valence-corrected chi connectivity index (χ3v) is 2.80. The van der Waals surface area contributed by atoms with Crippen LogP contribution in [0, 0.1) is 0 Å². The van der Waals surface area contributed by atoms with E-state index in [1.807, 2.05) is 30.3 Å². The Bertz CT molecular complexity index is 761. The van der Waals surface area contributed by atoms with Gasteiger partial charge in [-0.3, -0.25) is 4.98 Å². The van der Waals surface area contributed by atoms with E-state index in [0.29, 0.717) is 5.75 Å². The van der Waals surface area contributed by atoms with Gasteiger partial charge in [-0.05, 0) is 18.2 Å². The normalized spacial score (nSPS) is 10.4. The first kappa shape index (κ1) is 12.2. The Morgan fingerprint density at radius 1 is 1.05 bits per heavy atom. The average Bonchev–Trinajstić information content (AvgIpc) is 2.49. The molecule has 3 rings (SSSR count). The summed E-state index contributed by atoms with van der Waals surface area (Å²) >= 11 is 0. The molecule has 2 aromatic heterocycles. The Morgan fingerprint density at radius 2 is 1.90 bits per heavy atom. The van der Waals surface area contributed by atoms with Gasteiger partial charge >= 0.3 is 0 Å². The molecule has 0 atom stereocenters. The second-order valence-corrected chi connectivity index (χ2v) is 4.06. The van der Waals surface area contributed by atoms with Crippen LogP contribution in [0.3, 0.4) is 0 Å². The fourth-order valence-corrected chi connectivity index (χ4v) is 1.83. The van der Waals surface area contributed by atoms with Crippen LogP contribution in [0.1, 0.15) is 0 Å². The Kier molecular flexibility index (Phi) is 3.04. The van der Waals surface area contributed by atoms with Gasteiger partial charge < -0.3 is 15.2 Å². The molecule has 3 aromatic rings. The van der Waals surface area contributed by atoms with Crippen LogP contribution in [0.15, 0.2) is 42.9 Å². The second-order valence-electron chi connectivity index (χ2n) is 4.06. The highest BCUT2D eigenvalue weighted by Gasteiger charge is 2.10. The monoisotopic (exact) mass is 268 g/mol. The number of hydrogen-bond acceptors (Lipinski definition) is 6. The van der Waals surface area contributed by atoms with Crippen molar-refractivity contribution in [2.75, 3.05) is 12.8 Å². The molecule has 0 saturated heterocycles. The van der Waals surface area contributed by atoms with Gasteiger partial charge in [0.2, 0.25) is 11.8 Å². The minimum atomic E-state index is 0.257.